The van der Waals surface area contributed by atoms with Gasteiger partial charge in [0.2, 0.25) is 5.91 Å². The van der Waals surface area contributed by atoms with E-state index in [-0.39, 0.29) is 5.91 Å². The van der Waals surface area contributed by atoms with E-state index in [0.29, 0.717) is 44.0 Å². The van der Waals surface area contributed by atoms with E-state index in [1.54, 1.807) is 0 Å². The maximum absolute atomic E-state index is 13.7. The van der Waals surface area contributed by atoms with E-state index in [1.165, 1.54) is 25.9 Å². The molecule has 3 fully saturated rings. The van der Waals surface area contributed by atoms with Crippen LogP contribution in [0.25, 0.3) is 0 Å². The lowest BCUT2D eigenvalue weighted by molar-refractivity contribution is -0.137. The van der Waals surface area contributed by atoms with E-state index in [2.05, 4.69) is 29.0 Å². The molecule has 1 aromatic carbocycles. The largest absolute Gasteiger partial charge is 0.391 e. The molecule has 0 saturated carbocycles. The smallest absolute Gasteiger partial charge is 0.223 e. The Morgan fingerprint density at radius 3 is 2.49 bits per heavy atom. The minimum absolute atomic E-state index is 0.187. The number of hydrogen-bond acceptors (Lipinski definition) is 5. The number of β-amino-alcohol motifs (C(OH)–C–C–N with tert-alkyl or cyclic N) is 1. The average molecular weight is 486 g/mol. The lowest BCUT2D eigenvalue weighted by Crippen LogP contribution is -2.50. The molecule has 0 unspecified atom stereocenters. The number of likely N-dealkylation sites (tertiary alicyclic amines) is 2. The summed E-state index contributed by atoms with van der Waals surface area (Å²) in [4.78, 5) is 20.8. The van der Waals surface area contributed by atoms with Crippen LogP contribution < -0.4 is 0 Å². The molecule has 1 aromatic rings. The van der Waals surface area contributed by atoms with Gasteiger partial charge in [0, 0.05) is 44.1 Å². The van der Waals surface area contributed by atoms with E-state index in [4.69, 9.17) is 4.74 Å². The van der Waals surface area contributed by atoms with Crippen LogP contribution in [0.4, 0.5) is 0 Å². The van der Waals surface area contributed by atoms with Gasteiger partial charge >= 0.3 is 0 Å². The van der Waals surface area contributed by atoms with Crippen molar-refractivity contribution in [1.82, 2.24) is 14.7 Å². The third-order valence-corrected chi connectivity index (χ3v) is 8.77. The normalized spacial score (nSPS) is 30.7. The van der Waals surface area contributed by atoms with Gasteiger partial charge in [-0.3, -0.25) is 9.69 Å². The molecule has 0 bridgehead atoms. The van der Waals surface area contributed by atoms with Crippen molar-refractivity contribution in [2.75, 3.05) is 53.0 Å². The average Bonchev–Trinajstić information content (AvgIpc) is 2.85. The number of amides is 1. The highest BCUT2D eigenvalue weighted by Crippen LogP contribution is 2.34. The molecule has 6 nitrogen and oxygen atoms in total. The summed E-state index contributed by atoms with van der Waals surface area (Å²) in [6.07, 6.45) is 5.71. The molecule has 4 rings (SSSR count). The summed E-state index contributed by atoms with van der Waals surface area (Å²) in [5, 5.41) is 11.1. The fraction of sp³-hybridized carbons (Fsp3) is 0.759. The van der Waals surface area contributed by atoms with Gasteiger partial charge in [-0.1, -0.05) is 44.2 Å². The van der Waals surface area contributed by atoms with E-state index >= 15 is 0 Å². The lowest BCUT2D eigenvalue weighted by atomic mass is 9.79. The van der Waals surface area contributed by atoms with Crippen LogP contribution in [-0.2, 0) is 16.1 Å². The minimum Gasteiger partial charge on any atom is -0.391 e. The first-order valence-electron chi connectivity index (χ1n) is 13.8. The summed E-state index contributed by atoms with van der Waals surface area (Å²) >= 11 is 0. The summed E-state index contributed by atoms with van der Waals surface area (Å²) in [7, 11) is 2.23. The van der Waals surface area contributed by atoms with Gasteiger partial charge in [-0.15, -0.1) is 0 Å². The number of fused-ring (bicyclic) bond motifs is 1. The van der Waals surface area contributed by atoms with Crippen molar-refractivity contribution in [3.63, 3.8) is 0 Å². The summed E-state index contributed by atoms with van der Waals surface area (Å²) in [6.45, 7) is 10.8. The van der Waals surface area contributed by atoms with E-state index < -0.39 is 11.5 Å². The van der Waals surface area contributed by atoms with Gasteiger partial charge in [-0.25, -0.2) is 0 Å². The van der Waals surface area contributed by atoms with Gasteiger partial charge in [0.25, 0.3) is 0 Å². The van der Waals surface area contributed by atoms with Gasteiger partial charge in [0.1, 0.15) is 0 Å². The molecule has 35 heavy (non-hydrogen) atoms. The number of nitrogens with zero attached hydrogens (tertiary/aromatic N) is 3. The van der Waals surface area contributed by atoms with Crippen LogP contribution >= 0.6 is 0 Å². The molecular formula is C29H47N3O3. The summed E-state index contributed by atoms with van der Waals surface area (Å²) in [6, 6.07) is 10.9. The molecule has 3 atom stereocenters. The van der Waals surface area contributed by atoms with Crippen molar-refractivity contribution in [2.45, 2.75) is 71.1 Å². The molecule has 6 heteroatoms. The number of ether oxygens (including phenoxy) is 1. The second kappa shape index (κ2) is 12.2. The number of carbonyl (C=O) groups is 1. The maximum atomic E-state index is 13.7. The third kappa shape index (κ3) is 7.28. The lowest BCUT2D eigenvalue weighted by Gasteiger charge is -2.45. The van der Waals surface area contributed by atoms with Crippen LogP contribution in [0.15, 0.2) is 30.3 Å². The molecule has 0 radical (unpaired) electrons. The van der Waals surface area contributed by atoms with Crippen molar-refractivity contribution in [1.29, 1.82) is 0 Å². The quantitative estimate of drug-likeness (QED) is 0.709. The summed E-state index contributed by atoms with van der Waals surface area (Å²) in [5.41, 5.74) is 0.709. The van der Waals surface area contributed by atoms with Gasteiger partial charge in [-0.05, 0) is 76.2 Å². The molecule has 0 aromatic heterocycles. The molecule has 3 aliphatic heterocycles. The highest BCUT2D eigenvalue weighted by atomic mass is 16.5. The molecule has 0 spiro atoms. The van der Waals surface area contributed by atoms with Crippen molar-refractivity contribution < 1.29 is 14.6 Å². The Morgan fingerprint density at radius 1 is 1.00 bits per heavy atom. The van der Waals surface area contributed by atoms with Crippen molar-refractivity contribution >= 4 is 5.91 Å². The topological polar surface area (TPSA) is 56.2 Å². The van der Waals surface area contributed by atoms with Crippen LogP contribution in [0.1, 0.15) is 57.9 Å². The van der Waals surface area contributed by atoms with Crippen LogP contribution in [0.2, 0.25) is 0 Å². The number of aliphatic hydroxyl groups is 1. The molecule has 196 valence electrons. The molecule has 3 heterocycles. The Balaban J connectivity index is 1.48. The zero-order valence-electron chi connectivity index (χ0n) is 22.2. The number of carbonyl (C=O) groups excluding carboxylic acids is 1. The second-order valence-corrected chi connectivity index (χ2v) is 12.0. The van der Waals surface area contributed by atoms with Crippen molar-refractivity contribution in [3.8, 4) is 0 Å². The zero-order valence-corrected chi connectivity index (χ0v) is 22.2. The first-order valence-corrected chi connectivity index (χ1v) is 13.8. The van der Waals surface area contributed by atoms with Crippen molar-refractivity contribution in [3.05, 3.63) is 35.9 Å². The Labute approximate surface area is 212 Å². The van der Waals surface area contributed by atoms with Crippen LogP contribution in [0.3, 0.4) is 0 Å². The molecule has 1 amide bonds. The Hall–Kier alpha value is -1.47. The number of aliphatic hydroxyl groups excluding tert-OH is 1. The molecular weight excluding hydrogens is 438 g/mol. The number of benzene rings is 1. The standard InChI is InChI=1S/C29H47N3O3/c1-29(2)22-35-17-7-10-25-20-31(26-12-14-30(3)15-13-26)16-11-24(25)18-28(34)32(21-27(29)33)19-23-8-5-4-6-9-23/h4-6,8-9,24-27,33H,7,10-22H2,1-3H3/t24-,25-,27-/m0/s1. The molecule has 1 N–H and O–H groups in total. The van der Waals surface area contributed by atoms with Crippen LogP contribution in [-0.4, -0.2) is 90.8 Å². The first kappa shape index (κ1) is 26.6. The second-order valence-electron chi connectivity index (χ2n) is 12.0. The van der Waals surface area contributed by atoms with E-state index in [9.17, 15) is 9.90 Å². The zero-order chi connectivity index (χ0) is 24.8. The van der Waals surface area contributed by atoms with Crippen molar-refractivity contribution in [2.24, 2.45) is 17.3 Å². The number of piperidine rings is 2. The minimum atomic E-state index is -0.627. The fourth-order valence-electron chi connectivity index (χ4n) is 6.14. The van der Waals surface area contributed by atoms with Gasteiger partial charge in [-0.2, -0.15) is 0 Å². The molecule has 0 aliphatic carbocycles. The monoisotopic (exact) mass is 485 g/mol. The van der Waals surface area contributed by atoms with E-state index in [0.717, 1.165) is 44.5 Å². The Kier molecular flexibility index (Phi) is 9.25. The predicted molar refractivity (Wildman–Crippen MR) is 140 cm³/mol. The highest BCUT2D eigenvalue weighted by molar-refractivity contribution is 5.76. The number of hydrogen-bond donors (Lipinski definition) is 1. The fourth-order valence-corrected chi connectivity index (χ4v) is 6.14. The Bertz CT molecular complexity index is 794. The maximum Gasteiger partial charge on any atom is 0.223 e. The first-order chi connectivity index (χ1) is 16.8. The molecule has 3 aliphatic rings. The SMILES string of the molecule is CN1CCC(N2CC[C@H]3CC(=O)N(Cc4ccccc4)C[C@H](O)C(C)(C)COCCC[C@H]3C2)CC1. The predicted octanol–water partition coefficient (Wildman–Crippen LogP) is 3.64. The third-order valence-electron chi connectivity index (χ3n) is 8.77. The van der Waals surface area contributed by atoms with Gasteiger partial charge in [0.15, 0.2) is 0 Å². The highest BCUT2D eigenvalue weighted by Gasteiger charge is 2.37. The molecule has 3 saturated heterocycles. The van der Waals surface area contributed by atoms with Gasteiger partial charge in [0.05, 0.1) is 12.7 Å². The van der Waals surface area contributed by atoms with Crippen LogP contribution in [0, 0.1) is 17.3 Å². The Morgan fingerprint density at radius 2 is 1.74 bits per heavy atom. The number of rotatable bonds is 3. The van der Waals surface area contributed by atoms with Crippen LogP contribution in [0.5, 0.6) is 0 Å². The summed E-state index contributed by atoms with van der Waals surface area (Å²) in [5.74, 6) is 1.13. The van der Waals surface area contributed by atoms with Gasteiger partial charge < -0.3 is 19.6 Å². The summed E-state index contributed by atoms with van der Waals surface area (Å²) < 4.78 is 6.07. The van der Waals surface area contributed by atoms with E-state index in [1.807, 2.05) is 36.9 Å².